The number of anilines is 1. The molecule has 0 saturated carbocycles. The lowest BCUT2D eigenvalue weighted by molar-refractivity contribution is -0.139. The van der Waals surface area contributed by atoms with Crippen molar-refractivity contribution in [3.05, 3.63) is 42.2 Å². The highest BCUT2D eigenvalue weighted by atomic mass is 16.6. The highest BCUT2D eigenvalue weighted by Gasteiger charge is 2.50. The number of ether oxygens (including phenoxy) is 2. The maximum atomic E-state index is 13.2. The van der Waals surface area contributed by atoms with Crippen LogP contribution in [-0.4, -0.2) is 83.6 Å². The molecule has 11 nitrogen and oxygen atoms in total. The SMILES string of the molecule is C[C@@]1(c2ccc3c(c2)OCCO3)NC(=O)N(CC(=O)N2CCN(c3ncccn3)CC2)C1=O. The molecule has 11 heteroatoms. The molecule has 5 rings (SSSR count). The average molecular weight is 452 g/mol. The molecule has 2 fully saturated rings. The summed E-state index contributed by atoms with van der Waals surface area (Å²) in [4.78, 5) is 51.9. The first-order valence-electron chi connectivity index (χ1n) is 10.8. The third kappa shape index (κ3) is 3.79. The van der Waals surface area contributed by atoms with E-state index in [9.17, 15) is 14.4 Å². The first kappa shape index (κ1) is 21.0. The number of aromatic nitrogens is 2. The Balaban J connectivity index is 1.25. The van der Waals surface area contributed by atoms with E-state index in [0.29, 0.717) is 62.4 Å². The zero-order valence-electron chi connectivity index (χ0n) is 18.2. The molecule has 3 aliphatic rings. The van der Waals surface area contributed by atoms with Gasteiger partial charge in [0.05, 0.1) is 0 Å². The molecule has 4 amide bonds. The summed E-state index contributed by atoms with van der Waals surface area (Å²) in [6, 6.07) is 6.30. The Kier molecular flexibility index (Phi) is 5.23. The number of nitrogens with one attached hydrogen (secondary N) is 1. The molecule has 172 valence electrons. The van der Waals surface area contributed by atoms with Gasteiger partial charge >= 0.3 is 6.03 Å². The van der Waals surface area contributed by atoms with E-state index in [-0.39, 0.29) is 12.5 Å². The summed E-state index contributed by atoms with van der Waals surface area (Å²) in [5, 5.41) is 2.74. The highest BCUT2D eigenvalue weighted by molar-refractivity contribution is 6.09. The van der Waals surface area contributed by atoms with Crippen LogP contribution in [0.3, 0.4) is 0 Å². The largest absolute Gasteiger partial charge is 0.486 e. The molecule has 2 aromatic rings. The van der Waals surface area contributed by atoms with Crippen molar-refractivity contribution in [2.24, 2.45) is 0 Å². The van der Waals surface area contributed by atoms with Gasteiger partial charge in [-0.05, 0) is 30.7 Å². The molecule has 0 unspecified atom stereocenters. The third-order valence-corrected chi connectivity index (χ3v) is 6.16. The maximum Gasteiger partial charge on any atom is 0.325 e. The Morgan fingerprint density at radius 1 is 1.06 bits per heavy atom. The van der Waals surface area contributed by atoms with Crippen LogP contribution in [0.15, 0.2) is 36.7 Å². The average Bonchev–Trinajstić information content (AvgIpc) is 3.08. The molecular weight excluding hydrogens is 428 g/mol. The zero-order valence-corrected chi connectivity index (χ0v) is 18.2. The standard InChI is InChI=1S/C22H24N6O5/c1-22(15-3-4-16-17(13-15)33-12-11-32-16)19(30)28(21(31)25-22)14-18(29)26-7-9-27(10-8-26)20-23-5-2-6-24-20/h2-6,13H,7-12,14H2,1H3,(H,25,31)/t22-/m0/s1. The number of urea groups is 1. The van der Waals surface area contributed by atoms with E-state index in [0.717, 1.165) is 4.90 Å². The van der Waals surface area contributed by atoms with Gasteiger partial charge < -0.3 is 24.6 Å². The van der Waals surface area contributed by atoms with Crippen LogP contribution in [0, 0.1) is 0 Å². The van der Waals surface area contributed by atoms with Crippen molar-refractivity contribution in [3.8, 4) is 11.5 Å². The quantitative estimate of drug-likeness (QED) is 0.661. The van der Waals surface area contributed by atoms with Crippen LogP contribution >= 0.6 is 0 Å². The smallest absolute Gasteiger partial charge is 0.325 e. The molecule has 0 bridgehead atoms. The van der Waals surface area contributed by atoms with Gasteiger partial charge in [-0.1, -0.05) is 6.07 Å². The van der Waals surface area contributed by atoms with Crippen molar-refractivity contribution < 1.29 is 23.9 Å². The Labute approximate surface area is 190 Å². The molecule has 33 heavy (non-hydrogen) atoms. The predicted molar refractivity (Wildman–Crippen MR) is 116 cm³/mol. The summed E-state index contributed by atoms with van der Waals surface area (Å²) in [5.74, 6) is 0.982. The van der Waals surface area contributed by atoms with Gasteiger partial charge in [-0.15, -0.1) is 0 Å². The molecule has 2 saturated heterocycles. The van der Waals surface area contributed by atoms with E-state index in [4.69, 9.17) is 9.47 Å². The van der Waals surface area contributed by atoms with Gasteiger partial charge in [0.1, 0.15) is 25.3 Å². The third-order valence-electron chi connectivity index (χ3n) is 6.16. The Bertz CT molecular complexity index is 1090. The van der Waals surface area contributed by atoms with Gasteiger partial charge in [-0.25, -0.2) is 14.8 Å². The molecule has 1 atom stereocenters. The van der Waals surface area contributed by atoms with E-state index >= 15 is 0 Å². The van der Waals surface area contributed by atoms with E-state index in [2.05, 4.69) is 15.3 Å². The molecule has 4 heterocycles. The van der Waals surface area contributed by atoms with Crippen molar-refractivity contribution in [1.29, 1.82) is 0 Å². The van der Waals surface area contributed by atoms with Crippen LogP contribution < -0.4 is 19.7 Å². The van der Waals surface area contributed by atoms with Gasteiger partial charge in [-0.3, -0.25) is 14.5 Å². The van der Waals surface area contributed by atoms with E-state index in [1.165, 1.54) is 0 Å². The molecule has 0 spiro atoms. The van der Waals surface area contributed by atoms with Gasteiger partial charge in [0.25, 0.3) is 5.91 Å². The summed E-state index contributed by atoms with van der Waals surface area (Å²) in [7, 11) is 0. The van der Waals surface area contributed by atoms with E-state index in [1.807, 2.05) is 4.90 Å². The summed E-state index contributed by atoms with van der Waals surface area (Å²) < 4.78 is 11.1. The van der Waals surface area contributed by atoms with Gasteiger partial charge in [0.2, 0.25) is 11.9 Å². The van der Waals surface area contributed by atoms with Crippen LogP contribution in [0.2, 0.25) is 0 Å². The summed E-state index contributed by atoms with van der Waals surface area (Å²) in [6.07, 6.45) is 3.35. The van der Waals surface area contributed by atoms with E-state index in [1.54, 1.807) is 48.5 Å². The second-order valence-corrected chi connectivity index (χ2v) is 8.22. The Morgan fingerprint density at radius 2 is 1.76 bits per heavy atom. The van der Waals surface area contributed by atoms with Crippen LogP contribution in [0.1, 0.15) is 12.5 Å². The lowest BCUT2D eigenvalue weighted by Crippen LogP contribution is -2.52. The van der Waals surface area contributed by atoms with Crippen LogP contribution in [0.4, 0.5) is 10.7 Å². The van der Waals surface area contributed by atoms with Crippen molar-refractivity contribution >= 4 is 23.8 Å². The number of piperazine rings is 1. The minimum Gasteiger partial charge on any atom is -0.486 e. The fraction of sp³-hybridized carbons (Fsp3) is 0.409. The number of carbonyl (C=O) groups is 3. The minimum absolute atomic E-state index is 0.279. The topological polar surface area (TPSA) is 117 Å². The molecule has 1 aromatic heterocycles. The number of hydrogen-bond acceptors (Lipinski definition) is 8. The number of rotatable bonds is 4. The highest BCUT2D eigenvalue weighted by Crippen LogP contribution is 2.36. The number of amides is 4. The predicted octanol–water partition coefficient (Wildman–Crippen LogP) is 0.364. The van der Waals surface area contributed by atoms with Crippen molar-refractivity contribution in [1.82, 2.24) is 25.1 Å². The summed E-state index contributed by atoms with van der Waals surface area (Å²) in [5.41, 5.74) is -0.729. The number of nitrogens with zero attached hydrogens (tertiary/aromatic N) is 5. The van der Waals surface area contributed by atoms with Crippen LogP contribution in [0.25, 0.3) is 0 Å². The number of benzene rings is 1. The van der Waals surface area contributed by atoms with Gasteiger partial charge in [-0.2, -0.15) is 0 Å². The molecule has 1 N–H and O–H groups in total. The zero-order chi connectivity index (χ0) is 23.0. The van der Waals surface area contributed by atoms with Crippen LogP contribution in [0.5, 0.6) is 11.5 Å². The van der Waals surface area contributed by atoms with Crippen molar-refractivity contribution in [2.45, 2.75) is 12.5 Å². The number of fused-ring (bicyclic) bond motifs is 1. The van der Waals surface area contributed by atoms with Crippen molar-refractivity contribution in [3.63, 3.8) is 0 Å². The number of carbonyl (C=O) groups excluding carboxylic acids is 3. The normalized spacial score (nSPS) is 22.4. The Hall–Kier alpha value is -3.89. The monoisotopic (exact) mass is 452 g/mol. The summed E-state index contributed by atoms with van der Waals surface area (Å²) in [6.45, 7) is 4.25. The van der Waals surface area contributed by atoms with E-state index < -0.39 is 17.5 Å². The first-order valence-corrected chi connectivity index (χ1v) is 10.8. The molecule has 3 aliphatic heterocycles. The second-order valence-electron chi connectivity index (χ2n) is 8.22. The minimum atomic E-state index is -1.30. The lowest BCUT2D eigenvalue weighted by atomic mass is 9.91. The van der Waals surface area contributed by atoms with Gasteiger partial charge in [0, 0.05) is 38.6 Å². The molecule has 1 aromatic carbocycles. The van der Waals surface area contributed by atoms with Gasteiger partial charge in [0.15, 0.2) is 11.5 Å². The molecule has 0 aliphatic carbocycles. The Morgan fingerprint density at radius 3 is 2.48 bits per heavy atom. The number of imide groups is 1. The fourth-order valence-corrected chi connectivity index (χ4v) is 4.24. The summed E-state index contributed by atoms with van der Waals surface area (Å²) >= 11 is 0. The first-order chi connectivity index (χ1) is 16.0. The van der Waals surface area contributed by atoms with Crippen LogP contribution in [-0.2, 0) is 15.1 Å². The molecular formula is C22H24N6O5. The molecule has 0 radical (unpaired) electrons. The maximum absolute atomic E-state index is 13.2. The fourth-order valence-electron chi connectivity index (χ4n) is 4.24. The number of hydrogen-bond donors (Lipinski definition) is 1. The lowest BCUT2D eigenvalue weighted by Gasteiger charge is -2.35. The van der Waals surface area contributed by atoms with Crippen molar-refractivity contribution in [2.75, 3.05) is 50.8 Å². The second kappa shape index (κ2) is 8.23.